The second-order valence-electron chi connectivity index (χ2n) is 5.07. The van der Waals surface area contributed by atoms with E-state index in [2.05, 4.69) is 20.8 Å². The summed E-state index contributed by atoms with van der Waals surface area (Å²) in [6.45, 7) is 8.24. The molecule has 1 aliphatic rings. The Morgan fingerprint density at radius 2 is 1.69 bits per heavy atom. The lowest BCUT2D eigenvalue weighted by molar-refractivity contribution is 0.0169. The zero-order valence-corrected chi connectivity index (χ0v) is 9.74. The van der Waals surface area contributed by atoms with Crippen molar-refractivity contribution < 1.29 is 2.74 Å². The van der Waals surface area contributed by atoms with Crippen molar-refractivity contribution >= 4 is 0 Å². The van der Waals surface area contributed by atoms with Crippen molar-refractivity contribution in [3.05, 3.63) is 0 Å². The third-order valence-corrected chi connectivity index (χ3v) is 4.44. The van der Waals surface area contributed by atoms with Gasteiger partial charge in [0.15, 0.2) is 0 Å². The minimum atomic E-state index is -1.08. The van der Waals surface area contributed by atoms with Gasteiger partial charge >= 0.3 is 0 Å². The molecule has 1 fully saturated rings. The van der Waals surface area contributed by atoms with E-state index in [1.165, 1.54) is 32.1 Å². The summed E-state index contributed by atoms with van der Waals surface area (Å²) >= 11 is 0. The quantitative estimate of drug-likeness (QED) is 0.592. The van der Waals surface area contributed by atoms with E-state index in [1.54, 1.807) is 6.92 Å². The molecule has 0 saturated heterocycles. The van der Waals surface area contributed by atoms with Crippen molar-refractivity contribution in [2.45, 2.75) is 72.6 Å². The first-order valence-electron chi connectivity index (χ1n) is 6.77. The van der Waals surface area contributed by atoms with Gasteiger partial charge in [-0.05, 0) is 30.1 Å². The monoisotopic (exact) mass is 184 g/mol. The number of hydrogen-bond acceptors (Lipinski definition) is 0. The highest BCUT2D eigenvalue weighted by atomic mass is 14.5. The maximum Gasteiger partial charge on any atom is 0.0269 e. The Morgan fingerprint density at radius 1 is 1.15 bits per heavy atom. The molecule has 0 atom stereocenters. The van der Waals surface area contributed by atoms with Crippen LogP contribution in [0.2, 0.25) is 0 Å². The molecule has 0 heterocycles. The molecular weight excluding hydrogens is 156 g/mol. The van der Waals surface area contributed by atoms with Crippen LogP contribution < -0.4 is 0 Å². The van der Waals surface area contributed by atoms with Gasteiger partial charge in [-0.2, -0.15) is 0 Å². The fourth-order valence-corrected chi connectivity index (χ4v) is 2.91. The Hall–Kier alpha value is 0. The fourth-order valence-electron chi connectivity index (χ4n) is 2.91. The minimum absolute atomic E-state index is 0.213. The fraction of sp³-hybridized carbons (Fsp3) is 1.00. The molecule has 78 valence electrons. The zero-order valence-electron chi connectivity index (χ0n) is 11.7. The van der Waals surface area contributed by atoms with Crippen molar-refractivity contribution in [3.8, 4) is 0 Å². The van der Waals surface area contributed by atoms with Gasteiger partial charge in [-0.25, -0.2) is 0 Å². The Bertz CT molecular complexity index is 207. The van der Waals surface area contributed by atoms with Crippen LogP contribution in [0.25, 0.3) is 0 Å². The zero-order chi connectivity index (χ0) is 11.7. The molecule has 0 unspecified atom stereocenters. The smallest absolute Gasteiger partial charge is 0.0269 e. The van der Waals surface area contributed by atoms with Crippen molar-refractivity contribution in [2.75, 3.05) is 0 Å². The highest BCUT2D eigenvalue weighted by Gasteiger charge is 2.42. The molecule has 0 aromatic rings. The van der Waals surface area contributed by atoms with Crippen molar-refractivity contribution in [2.24, 2.45) is 10.8 Å². The Balaban J connectivity index is 2.98. The summed E-state index contributed by atoms with van der Waals surface area (Å²) in [4.78, 5) is 0. The van der Waals surface area contributed by atoms with E-state index in [1.807, 2.05) is 0 Å². The van der Waals surface area contributed by atoms with E-state index in [0.717, 1.165) is 6.42 Å². The molecule has 1 saturated carbocycles. The molecule has 0 nitrogen and oxygen atoms in total. The average Bonchev–Trinajstić information content (AvgIpc) is 2.17. The van der Waals surface area contributed by atoms with Crippen molar-refractivity contribution in [1.29, 1.82) is 0 Å². The summed E-state index contributed by atoms with van der Waals surface area (Å²) in [5.41, 5.74) is 0.0126. The van der Waals surface area contributed by atoms with Gasteiger partial charge in [-0.15, -0.1) is 0 Å². The largest absolute Gasteiger partial charge is 0.0649 e. The van der Waals surface area contributed by atoms with Gasteiger partial charge in [0.1, 0.15) is 0 Å². The van der Waals surface area contributed by atoms with Crippen molar-refractivity contribution in [1.82, 2.24) is 0 Å². The first-order chi connectivity index (χ1) is 6.77. The average molecular weight is 184 g/mol. The summed E-state index contributed by atoms with van der Waals surface area (Å²) in [5.74, 6) is 0. The van der Waals surface area contributed by atoms with Crippen LogP contribution in [0.5, 0.6) is 0 Å². The Kier molecular flexibility index (Phi) is 2.57. The topological polar surface area (TPSA) is 0 Å². The van der Waals surface area contributed by atoms with E-state index in [9.17, 15) is 0 Å². The summed E-state index contributed by atoms with van der Waals surface area (Å²) < 4.78 is 16.1. The van der Waals surface area contributed by atoms with E-state index in [0.29, 0.717) is 0 Å². The maximum atomic E-state index is 8.07. The first kappa shape index (κ1) is 8.32. The Morgan fingerprint density at radius 3 is 2.08 bits per heavy atom. The summed E-state index contributed by atoms with van der Waals surface area (Å²) in [7, 11) is 0. The van der Waals surface area contributed by atoms with E-state index >= 15 is 0 Å². The summed E-state index contributed by atoms with van der Waals surface area (Å²) in [5, 5.41) is 0. The minimum Gasteiger partial charge on any atom is -0.0649 e. The lowest BCUT2D eigenvalue weighted by Crippen LogP contribution is -2.38. The van der Waals surface area contributed by atoms with Crippen LogP contribution in [0, 0.1) is 10.8 Å². The van der Waals surface area contributed by atoms with Crippen LogP contribution in [0.3, 0.4) is 0 Å². The van der Waals surface area contributed by atoms with Crippen LogP contribution in [-0.2, 0) is 0 Å². The van der Waals surface area contributed by atoms with Crippen LogP contribution in [0.1, 0.15) is 75.3 Å². The van der Waals surface area contributed by atoms with Gasteiger partial charge in [-0.1, -0.05) is 53.3 Å². The lowest BCUT2D eigenvalue weighted by atomic mass is 9.56. The van der Waals surface area contributed by atoms with Gasteiger partial charge in [0.25, 0.3) is 0 Å². The first-order valence-corrected chi connectivity index (χ1v) is 5.77. The highest BCUT2D eigenvalue weighted by molar-refractivity contribution is 4.92. The molecule has 0 amide bonds. The third-order valence-electron chi connectivity index (χ3n) is 4.44. The molecule has 13 heavy (non-hydrogen) atoms. The van der Waals surface area contributed by atoms with E-state index in [-0.39, 0.29) is 10.8 Å². The van der Waals surface area contributed by atoms with Crippen LogP contribution in [0.15, 0.2) is 0 Å². The second-order valence-corrected chi connectivity index (χ2v) is 5.07. The molecule has 1 aliphatic carbocycles. The van der Waals surface area contributed by atoms with E-state index in [4.69, 9.17) is 2.74 Å². The molecule has 0 bridgehead atoms. The molecule has 0 radical (unpaired) electrons. The van der Waals surface area contributed by atoms with Crippen LogP contribution >= 0.6 is 0 Å². The van der Waals surface area contributed by atoms with Crippen LogP contribution in [-0.4, -0.2) is 0 Å². The third kappa shape index (κ3) is 1.92. The van der Waals surface area contributed by atoms with Gasteiger partial charge in [0.05, 0.1) is 0 Å². The van der Waals surface area contributed by atoms with Gasteiger partial charge in [0, 0.05) is 2.74 Å². The molecule has 0 heteroatoms. The maximum absolute atomic E-state index is 8.07. The predicted molar refractivity (Wildman–Crippen MR) is 59.9 cm³/mol. The van der Waals surface area contributed by atoms with Gasteiger partial charge < -0.3 is 0 Å². The van der Waals surface area contributed by atoms with E-state index < -0.39 is 6.37 Å². The predicted octanol–water partition coefficient (Wildman–Crippen LogP) is 4.78. The molecule has 0 aromatic carbocycles. The van der Waals surface area contributed by atoms with Crippen molar-refractivity contribution in [3.63, 3.8) is 0 Å². The summed E-state index contributed by atoms with van der Waals surface area (Å²) in [6.07, 6.45) is 6.37. The summed E-state index contributed by atoms with van der Waals surface area (Å²) in [6, 6.07) is 0. The normalized spacial score (nSPS) is 26.5. The Labute approximate surface area is 86.9 Å². The lowest BCUT2D eigenvalue weighted by Gasteiger charge is -2.49. The number of rotatable bonds is 3. The standard InChI is InChI=1S/C13H26/c1-5-12(3,4)13(6-2)10-8-7-9-11-13/h5-11H2,1-4H3/i5D2. The molecule has 0 aliphatic heterocycles. The second kappa shape index (κ2) is 4.02. The highest BCUT2D eigenvalue weighted by Crippen LogP contribution is 2.53. The SMILES string of the molecule is [2H]C([2H])(C)C(C)(C)C1(CC)CCCCC1. The van der Waals surface area contributed by atoms with Crippen LogP contribution in [0.4, 0.5) is 0 Å². The molecular formula is C13H26. The molecule has 1 rings (SSSR count). The molecule has 0 aromatic heterocycles. The number of hydrogen-bond donors (Lipinski definition) is 0. The van der Waals surface area contributed by atoms with Gasteiger partial charge in [0.2, 0.25) is 0 Å². The molecule has 0 N–H and O–H groups in total. The molecule has 0 spiro atoms. The van der Waals surface area contributed by atoms with Gasteiger partial charge in [-0.3, -0.25) is 0 Å².